The van der Waals surface area contributed by atoms with E-state index in [9.17, 15) is 9.59 Å². The number of ketones is 1. The number of ether oxygens (including phenoxy) is 3. The molecule has 27 heavy (non-hydrogen) atoms. The Bertz CT molecular complexity index is 969. The molecule has 0 aliphatic carbocycles. The van der Waals surface area contributed by atoms with Gasteiger partial charge in [0.1, 0.15) is 17.1 Å². The summed E-state index contributed by atoms with van der Waals surface area (Å²) in [6.07, 6.45) is 1.39. The van der Waals surface area contributed by atoms with E-state index in [1.807, 2.05) is 6.07 Å². The van der Waals surface area contributed by atoms with Gasteiger partial charge in [0.05, 0.1) is 19.2 Å². The second-order valence-corrected chi connectivity index (χ2v) is 5.68. The summed E-state index contributed by atoms with van der Waals surface area (Å²) < 4.78 is 16.1. The van der Waals surface area contributed by atoms with Crippen molar-refractivity contribution < 1.29 is 23.8 Å². The van der Waals surface area contributed by atoms with Crippen LogP contribution in [0.25, 0.3) is 10.9 Å². The standard InChI is InChI=1S/C21H19NO5/c1-3-26-21(24)17-12-22-18-11-15(25-2)9-10-16(18)20(17)27-13-19(23)14-7-5-4-6-8-14/h4-12H,3,13H2,1-2H3. The number of esters is 1. The zero-order valence-electron chi connectivity index (χ0n) is 15.1. The van der Waals surface area contributed by atoms with Gasteiger partial charge >= 0.3 is 5.97 Å². The number of rotatable bonds is 7. The van der Waals surface area contributed by atoms with Crippen molar-refractivity contribution in [3.8, 4) is 11.5 Å². The Morgan fingerprint density at radius 1 is 1.07 bits per heavy atom. The average molecular weight is 365 g/mol. The molecule has 3 rings (SSSR count). The van der Waals surface area contributed by atoms with E-state index in [0.29, 0.717) is 22.2 Å². The fourth-order valence-corrected chi connectivity index (χ4v) is 2.63. The van der Waals surface area contributed by atoms with Crippen LogP contribution in [0.4, 0.5) is 0 Å². The van der Waals surface area contributed by atoms with E-state index in [1.54, 1.807) is 56.5 Å². The first kappa shape index (κ1) is 18.4. The third kappa shape index (κ3) is 4.06. The Hall–Kier alpha value is -3.41. The molecule has 0 amide bonds. The highest BCUT2D eigenvalue weighted by Gasteiger charge is 2.19. The van der Waals surface area contributed by atoms with Crippen LogP contribution in [0.5, 0.6) is 11.5 Å². The van der Waals surface area contributed by atoms with Gasteiger partial charge in [-0.15, -0.1) is 0 Å². The number of pyridine rings is 1. The van der Waals surface area contributed by atoms with E-state index in [2.05, 4.69) is 4.98 Å². The Kier molecular flexibility index (Phi) is 5.66. The molecule has 0 unspecified atom stereocenters. The minimum Gasteiger partial charge on any atom is -0.497 e. The van der Waals surface area contributed by atoms with E-state index < -0.39 is 5.97 Å². The molecule has 6 nitrogen and oxygen atoms in total. The molecule has 0 saturated heterocycles. The third-order valence-electron chi connectivity index (χ3n) is 3.97. The number of hydrogen-bond acceptors (Lipinski definition) is 6. The molecule has 0 bridgehead atoms. The molecule has 0 saturated carbocycles. The lowest BCUT2D eigenvalue weighted by Crippen LogP contribution is -2.15. The van der Waals surface area contributed by atoms with E-state index >= 15 is 0 Å². The summed E-state index contributed by atoms with van der Waals surface area (Å²) in [5, 5.41) is 0.599. The van der Waals surface area contributed by atoms with Gasteiger partial charge in [-0.3, -0.25) is 9.78 Å². The maximum Gasteiger partial charge on any atom is 0.343 e. The number of Topliss-reactive ketones (excluding diaryl/α,β-unsaturated/α-hetero) is 1. The summed E-state index contributed by atoms with van der Waals surface area (Å²) in [7, 11) is 1.56. The SMILES string of the molecule is CCOC(=O)c1cnc2cc(OC)ccc2c1OCC(=O)c1ccccc1. The summed E-state index contributed by atoms with van der Waals surface area (Å²) in [6, 6.07) is 14.0. The third-order valence-corrected chi connectivity index (χ3v) is 3.97. The Morgan fingerprint density at radius 3 is 2.56 bits per heavy atom. The lowest BCUT2D eigenvalue weighted by atomic mass is 10.1. The molecule has 138 valence electrons. The van der Waals surface area contributed by atoms with Gasteiger partial charge in [0, 0.05) is 23.2 Å². The highest BCUT2D eigenvalue weighted by Crippen LogP contribution is 2.31. The van der Waals surface area contributed by atoms with Gasteiger partial charge in [-0.2, -0.15) is 0 Å². The fourth-order valence-electron chi connectivity index (χ4n) is 2.63. The normalized spacial score (nSPS) is 10.4. The van der Waals surface area contributed by atoms with Crippen molar-refractivity contribution in [1.82, 2.24) is 4.98 Å². The van der Waals surface area contributed by atoms with Gasteiger partial charge < -0.3 is 14.2 Å². The zero-order chi connectivity index (χ0) is 19.2. The summed E-state index contributed by atoms with van der Waals surface area (Å²) in [5.41, 5.74) is 1.30. The van der Waals surface area contributed by atoms with Crippen LogP contribution < -0.4 is 9.47 Å². The number of fused-ring (bicyclic) bond motifs is 1. The molecule has 3 aromatic rings. The fraction of sp³-hybridized carbons (Fsp3) is 0.190. The van der Waals surface area contributed by atoms with Gasteiger partial charge in [0.15, 0.2) is 12.4 Å². The predicted octanol–water partition coefficient (Wildman–Crippen LogP) is 3.68. The molecule has 0 N–H and O–H groups in total. The Labute approximate surface area is 156 Å². The molecule has 0 spiro atoms. The monoisotopic (exact) mass is 365 g/mol. The van der Waals surface area contributed by atoms with E-state index in [4.69, 9.17) is 14.2 Å². The maximum absolute atomic E-state index is 12.4. The van der Waals surface area contributed by atoms with E-state index in [1.165, 1.54) is 6.20 Å². The molecule has 1 heterocycles. The first-order valence-corrected chi connectivity index (χ1v) is 8.49. The molecule has 0 radical (unpaired) electrons. The van der Waals surface area contributed by atoms with Gasteiger partial charge in [-0.05, 0) is 19.1 Å². The molecule has 0 fully saturated rings. The predicted molar refractivity (Wildman–Crippen MR) is 101 cm³/mol. The number of aromatic nitrogens is 1. The van der Waals surface area contributed by atoms with Crippen molar-refractivity contribution in [2.75, 3.05) is 20.3 Å². The number of benzene rings is 2. The van der Waals surface area contributed by atoms with Crippen molar-refractivity contribution in [1.29, 1.82) is 0 Å². The van der Waals surface area contributed by atoms with Crippen LogP contribution in [-0.2, 0) is 4.74 Å². The largest absolute Gasteiger partial charge is 0.497 e. The molecule has 0 aliphatic heterocycles. The minimum atomic E-state index is -0.551. The van der Waals surface area contributed by atoms with Crippen LogP contribution in [0.3, 0.4) is 0 Å². The highest BCUT2D eigenvalue weighted by molar-refractivity contribution is 6.01. The van der Waals surface area contributed by atoms with Crippen molar-refractivity contribution in [3.05, 3.63) is 65.9 Å². The van der Waals surface area contributed by atoms with Crippen molar-refractivity contribution in [3.63, 3.8) is 0 Å². The van der Waals surface area contributed by atoms with Crippen LogP contribution in [-0.4, -0.2) is 37.1 Å². The summed E-state index contributed by atoms with van der Waals surface area (Å²) >= 11 is 0. The van der Waals surface area contributed by atoms with Crippen molar-refractivity contribution in [2.24, 2.45) is 0 Å². The smallest absolute Gasteiger partial charge is 0.343 e. The van der Waals surface area contributed by atoms with E-state index in [0.717, 1.165) is 0 Å². The second-order valence-electron chi connectivity index (χ2n) is 5.68. The van der Waals surface area contributed by atoms with Gasteiger partial charge in [0.25, 0.3) is 0 Å². The molecule has 6 heteroatoms. The quantitative estimate of drug-likeness (QED) is 0.470. The average Bonchev–Trinajstić information content (AvgIpc) is 2.71. The first-order chi connectivity index (χ1) is 13.1. The summed E-state index contributed by atoms with van der Waals surface area (Å²) in [6.45, 7) is 1.74. The minimum absolute atomic E-state index is 0.176. The lowest BCUT2D eigenvalue weighted by Gasteiger charge is -2.13. The van der Waals surface area contributed by atoms with Crippen LogP contribution in [0.15, 0.2) is 54.7 Å². The second kappa shape index (κ2) is 8.31. The van der Waals surface area contributed by atoms with Crippen LogP contribution in [0.2, 0.25) is 0 Å². The number of methoxy groups -OCH3 is 1. The molecular weight excluding hydrogens is 346 g/mol. The van der Waals surface area contributed by atoms with Gasteiger partial charge in [0.2, 0.25) is 0 Å². The Balaban J connectivity index is 1.97. The number of nitrogens with zero attached hydrogens (tertiary/aromatic N) is 1. The van der Waals surface area contributed by atoms with Crippen LogP contribution >= 0.6 is 0 Å². The van der Waals surface area contributed by atoms with Gasteiger partial charge in [-0.25, -0.2) is 4.79 Å². The number of hydrogen-bond donors (Lipinski definition) is 0. The first-order valence-electron chi connectivity index (χ1n) is 8.49. The number of carbonyl (C=O) groups excluding carboxylic acids is 2. The topological polar surface area (TPSA) is 74.7 Å². The summed E-state index contributed by atoms with van der Waals surface area (Å²) in [4.78, 5) is 29.0. The van der Waals surface area contributed by atoms with Gasteiger partial charge in [-0.1, -0.05) is 30.3 Å². The van der Waals surface area contributed by atoms with Crippen molar-refractivity contribution >= 4 is 22.7 Å². The lowest BCUT2D eigenvalue weighted by molar-refractivity contribution is 0.0520. The Morgan fingerprint density at radius 2 is 1.85 bits per heavy atom. The molecular formula is C21H19NO5. The highest BCUT2D eigenvalue weighted by atomic mass is 16.5. The van der Waals surface area contributed by atoms with Crippen LogP contribution in [0.1, 0.15) is 27.6 Å². The molecule has 2 aromatic carbocycles. The molecule has 0 aliphatic rings. The van der Waals surface area contributed by atoms with Crippen LogP contribution in [0, 0.1) is 0 Å². The molecule has 1 aromatic heterocycles. The maximum atomic E-state index is 12.4. The van der Waals surface area contributed by atoms with E-state index in [-0.39, 0.29) is 30.3 Å². The van der Waals surface area contributed by atoms with Crippen molar-refractivity contribution in [2.45, 2.75) is 6.92 Å². The number of carbonyl (C=O) groups is 2. The zero-order valence-corrected chi connectivity index (χ0v) is 15.1. The molecule has 0 atom stereocenters. The summed E-state index contributed by atoms with van der Waals surface area (Å²) in [5.74, 6) is 0.157.